The first-order chi connectivity index (χ1) is 9.55. The SMILES string of the molecule is CCC(CC)n1ccc(Cn2cc(Br)c(=O)[nH]c2=O)n1. The van der Waals surface area contributed by atoms with Crippen LogP contribution in [0.1, 0.15) is 38.4 Å². The summed E-state index contributed by atoms with van der Waals surface area (Å²) in [6, 6.07) is 2.27. The number of hydrogen-bond acceptors (Lipinski definition) is 3. The van der Waals surface area contributed by atoms with E-state index >= 15 is 0 Å². The van der Waals surface area contributed by atoms with Gasteiger partial charge in [0.25, 0.3) is 5.56 Å². The molecule has 1 N–H and O–H groups in total. The Morgan fingerprint density at radius 3 is 2.70 bits per heavy atom. The molecular weight excluding hydrogens is 324 g/mol. The van der Waals surface area contributed by atoms with Crippen molar-refractivity contribution in [2.45, 2.75) is 39.3 Å². The van der Waals surface area contributed by atoms with Crippen LogP contribution < -0.4 is 11.2 Å². The topological polar surface area (TPSA) is 72.7 Å². The summed E-state index contributed by atoms with van der Waals surface area (Å²) in [5.41, 5.74) is -0.0676. The molecule has 0 saturated carbocycles. The van der Waals surface area contributed by atoms with Gasteiger partial charge in [-0.25, -0.2) is 4.79 Å². The molecule has 0 saturated heterocycles. The third-order valence-electron chi connectivity index (χ3n) is 3.28. The van der Waals surface area contributed by atoms with E-state index in [1.807, 2.05) is 16.9 Å². The lowest BCUT2D eigenvalue weighted by atomic mass is 10.2. The van der Waals surface area contributed by atoms with Gasteiger partial charge in [0.05, 0.1) is 22.8 Å². The van der Waals surface area contributed by atoms with Crippen LogP contribution in [0.4, 0.5) is 0 Å². The van der Waals surface area contributed by atoms with Crippen LogP contribution in [0.2, 0.25) is 0 Å². The molecular formula is C13H17BrN4O2. The molecule has 0 aromatic carbocycles. The van der Waals surface area contributed by atoms with Crippen molar-refractivity contribution in [1.29, 1.82) is 0 Å². The number of hydrogen-bond donors (Lipinski definition) is 1. The van der Waals surface area contributed by atoms with Crippen LogP contribution in [0, 0.1) is 0 Å². The van der Waals surface area contributed by atoms with E-state index in [1.54, 1.807) is 0 Å². The zero-order chi connectivity index (χ0) is 14.7. The Bertz CT molecular complexity index is 697. The minimum Gasteiger partial charge on any atom is -0.293 e. The van der Waals surface area contributed by atoms with Crippen molar-refractivity contribution in [3.05, 3.63) is 49.5 Å². The highest BCUT2D eigenvalue weighted by atomic mass is 79.9. The zero-order valence-electron chi connectivity index (χ0n) is 11.5. The maximum atomic E-state index is 11.7. The minimum absolute atomic E-state index is 0.330. The van der Waals surface area contributed by atoms with Gasteiger partial charge in [0.1, 0.15) is 0 Å². The lowest BCUT2D eigenvalue weighted by molar-refractivity contribution is 0.424. The molecule has 0 aliphatic heterocycles. The fourth-order valence-corrected chi connectivity index (χ4v) is 2.45. The van der Waals surface area contributed by atoms with E-state index in [-0.39, 0.29) is 0 Å². The van der Waals surface area contributed by atoms with Crippen LogP contribution in [-0.2, 0) is 6.54 Å². The van der Waals surface area contributed by atoms with E-state index in [9.17, 15) is 9.59 Å². The lowest BCUT2D eigenvalue weighted by Crippen LogP contribution is -2.30. The van der Waals surface area contributed by atoms with Crippen LogP contribution in [0.5, 0.6) is 0 Å². The van der Waals surface area contributed by atoms with E-state index in [4.69, 9.17) is 0 Å². The highest BCUT2D eigenvalue weighted by molar-refractivity contribution is 9.10. The summed E-state index contributed by atoms with van der Waals surface area (Å²) in [7, 11) is 0. The summed E-state index contributed by atoms with van der Waals surface area (Å²) in [6.07, 6.45) is 5.44. The van der Waals surface area contributed by atoms with Crippen molar-refractivity contribution >= 4 is 15.9 Å². The Hall–Kier alpha value is -1.63. The average Bonchev–Trinajstić information content (AvgIpc) is 2.86. The highest BCUT2D eigenvalue weighted by Gasteiger charge is 2.09. The number of rotatable bonds is 5. The zero-order valence-corrected chi connectivity index (χ0v) is 13.1. The number of aromatic nitrogens is 4. The number of nitrogens with zero attached hydrogens (tertiary/aromatic N) is 3. The quantitative estimate of drug-likeness (QED) is 0.903. The van der Waals surface area contributed by atoms with Crippen molar-refractivity contribution < 1.29 is 0 Å². The number of aromatic amines is 1. The molecule has 0 spiro atoms. The second-order valence-electron chi connectivity index (χ2n) is 4.62. The van der Waals surface area contributed by atoms with Gasteiger partial charge in [-0.1, -0.05) is 13.8 Å². The second-order valence-corrected chi connectivity index (χ2v) is 5.48. The standard InChI is InChI=1S/C13H17BrN4O2/c1-3-10(4-2)18-6-5-9(16-18)7-17-8-11(14)12(19)15-13(17)20/h5-6,8,10H,3-4,7H2,1-2H3,(H,15,19,20). The molecule has 7 heteroatoms. The van der Waals surface area contributed by atoms with Gasteiger partial charge >= 0.3 is 5.69 Å². The first kappa shape index (κ1) is 14.8. The maximum absolute atomic E-state index is 11.7. The Balaban J connectivity index is 2.25. The van der Waals surface area contributed by atoms with Crippen molar-refractivity contribution in [2.75, 3.05) is 0 Å². The summed E-state index contributed by atoms with van der Waals surface area (Å²) in [5, 5.41) is 4.49. The van der Waals surface area contributed by atoms with Gasteiger partial charge < -0.3 is 0 Å². The van der Waals surface area contributed by atoms with E-state index < -0.39 is 11.2 Å². The maximum Gasteiger partial charge on any atom is 0.328 e. The summed E-state index contributed by atoms with van der Waals surface area (Å²) < 4.78 is 3.68. The van der Waals surface area contributed by atoms with Crippen LogP contribution in [0.15, 0.2) is 32.5 Å². The molecule has 20 heavy (non-hydrogen) atoms. The molecule has 2 aromatic heterocycles. The van der Waals surface area contributed by atoms with Gasteiger partial charge in [-0.15, -0.1) is 0 Å². The normalized spacial score (nSPS) is 11.2. The Morgan fingerprint density at radius 2 is 2.05 bits per heavy atom. The monoisotopic (exact) mass is 340 g/mol. The molecule has 0 amide bonds. The number of nitrogens with one attached hydrogen (secondary N) is 1. The van der Waals surface area contributed by atoms with Crippen LogP contribution >= 0.6 is 15.9 Å². The minimum atomic E-state index is -0.435. The lowest BCUT2D eigenvalue weighted by Gasteiger charge is -2.12. The van der Waals surface area contributed by atoms with Crippen molar-refractivity contribution in [2.24, 2.45) is 0 Å². The van der Waals surface area contributed by atoms with Gasteiger partial charge in [0.15, 0.2) is 0 Å². The largest absolute Gasteiger partial charge is 0.328 e. The fourth-order valence-electron chi connectivity index (χ4n) is 2.10. The molecule has 0 aliphatic carbocycles. The molecule has 2 rings (SSSR count). The Labute approximate surface area is 124 Å². The smallest absolute Gasteiger partial charge is 0.293 e. The number of halogens is 1. The van der Waals surface area contributed by atoms with E-state index in [0.29, 0.717) is 17.1 Å². The third kappa shape index (κ3) is 3.09. The molecule has 2 heterocycles. The summed E-state index contributed by atoms with van der Waals surface area (Å²) in [6.45, 7) is 4.58. The molecule has 0 unspecified atom stereocenters. The van der Waals surface area contributed by atoms with E-state index in [2.05, 4.69) is 39.9 Å². The average molecular weight is 341 g/mol. The van der Waals surface area contributed by atoms with Crippen molar-refractivity contribution in [3.8, 4) is 0 Å². The first-order valence-corrected chi connectivity index (χ1v) is 7.37. The van der Waals surface area contributed by atoms with Crippen LogP contribution in [-0.4, -0.2) is 19.3 Å². The Kier molecular flexibility index (Phi) is 4.59. The molecule has 0 bridgehead atoms. The predicted octanol–water partition coefficient (Wildman–Crippen LogP) is 1.90. The highest BCUT2D eigenvalue weighted by Crippen LogP contribution is 2.14. The van der Waals surface area contributed by atoms with Gasteiger partial charge in [-0.3, -0.25) is 19.0 Å². The first-order valence-electron chi connectivity index (χ1n) is 6.58. The molecule has 108 valence electrons. The molecule has 0 atom stereocenters. The van der Waals surface area contributed by atoms with Crippen LogP contribution in [0.25, 0.3) is 0 Å². The predicted molar refractivity (Wildman–Crippen MR) is 80.0 cm³/mol. The molecule has 2 aromatic rings. The number of H-pyrrole nitrogens is 1. The van der Waals surface area contributed by atoms with Gasteiger partial charge in [0, 0.05) is 12.4 Å². The molecule has 6 nitrogen and oxygen atoms in total. The van der Waals surface area contributed by atoms with Gasteiger partial charge in [-0.05, 0) is 34.8 Å². The molecule has 0 radical (unpaired) electrons. The van der Waals surface area contributed by atoms with E-state index in [0.717, 1.165) is 18.5 Å². The summed E-state index contributed by atoms with van der Waals surface area (Å²) in [5.74, 6) is 0. The summed E-state index contributed by atoms with van der Waals surface area (Å²) >= 11 is 3.12. The molecule has 0 fully saturated rings. The van der Waals surface area contributed by atoms with Crippen molar-refractivity contribution in [3.63, 3.8) is 0 Å². The van der Waals surface area contributed by atoms with E-state index in [1.165, 1.54) is 10.8 Å². The van der Waals surface area contributed by atoms with Gasteiger partial charge in [-0.2, -0.15) is 5.10 Å². The van der Waals surface area contributed by atoms with Crippen LogP contribution in [0.3, 0.4) is 0 Å². The molecule has 0 aliphatic rings. The van der Waals surface area contributed by atoms with Crippen molar-refractivity contribution in [1.82, 2.24) is 19.3 Å². The second kappa shape index (κ2) is 6.21. The summed E-state index contributed by atoms with van der Waals surface area (Å²) in [4.78, 5) is 25.2. The third-order valence-corrected chi connectivity index (χ3v) is 3.84. The Morgan fingerprint density at radius 1 is 1.35 bits per heavy atom. The van der Waals surface area contributed by atoms with Gasteiger partial charge in [0.2, 0.25) is 0 Å². The fraction of sp³-hybridized carbons (Fsp3) is 0.462.